The van der Waals surface area contributed by atoms with Gasteiger partial charge >= 0.3 is 0 Å². The van der Waals surface area contributed by atoms with Gasteiger partial charge in [0.2, 0.25) is 0 Å². The molecule has 1 atom stereocenters. The molecule has 4 nitrogen and oxygen atoms in total. The molecule has 0 aliphatic carbocycles. The lowest BCUT2D eigenvalue weighted by Gasteiger charge is -2.15. The molecule has 0 fully saturated rings. The van der Waals surface area contributed by atoms with Crippen molar-refractivity contribution >= 4 is 5.69 Å². The molecule has 4 heteroatoms. The van der Waals surface area contributed by atoms with Gasteiger partial charge in [-0.05, 0) is 36.6 Å². The Kier molecular flexibility index (Phi) is 3.26. The molecular formula is C16H21N3O. The predicted molar refractivity (Wildman–Crippen MR) is 80.0 cm³/mol. The van der Waals surface area contributed by atoms with E-state index in [2.05, 4.69) is 29.2 Å². The number of nitrogens with zero attached hydrogens (tertiary/aromatic N) is 3. The van der Waals surface area contributed by atoms with Crippen molar-refractivity contribution in [1.29, 1.82) is 0 Å². The average molecular weight is 271 g/mol. The summed E-state index contributed by atoms with van der Waals surface area (Å²) in [5.74, 6) is 0. The minimum Gasteiger partial charge on any atom is -0.388 e. The molecule has 3 rings (SSSR count). The number of aryl methyl sites for hydroxylation is 2. The predicted octanol–water partition coefficient (Wildman–Crippen LogP) is 2.00. The van der Waals surface area contributed by atoms with Gasteiger partial charge in [0, 0.05) is 38.4 Å². The quantitative estimate of drug-likeness (QED) is 0.928. The summed E-state index contributed by atoms with van der Waals surface area (Å²) in [7, 11) is 4.03. The SMILES string of the molecule is Cc1cc(CC(O)c2ccc3c(c2)CCN3C)n(C)n1. The zero-order valence-corrected chi connectivity index (χ0v) is 12.3. The van der Waals surface area contributed by atoms with Crippen molar-refractivity contribution in [3.8, 4) is 0 Å². The van der Waals surface area contributed by atoms with Gasteiger partial charge in [-0.2, -0.15) is 5.10 Å². The van der Waals surface area contributed by atoms with Crippen LogP contribution in [0.1, 0.15) is 28.6 Å². The Labute approximate surface area is 119 Å². The molecule has 0 spiro atoms. The first-order chi connectivity index (χ1) is 9.54. The number of aliphatic hydroxyl groups excluding tert-OH is 1. The minimum atomic E-state index is -0.471. The molecule has 1 aliphatic heterocycles. The van der Waals surface area contributed by atoms with Crippen molar-refractivity contribution in [1.82, 2.24) is 9.78 Å². The molecule has 0 saturated heterocycles. The number of hydrogen-bond donors (Lipinski definition) is 1. The van der Waals surface area contributed by atoms with Crippen molar-refractivity contribution in [3.05, 3.63) is 46.8 Å². The van der Waals surface area contributed by atoms with E-state index in [9.17, 15) is 5.11 Å². The fourth-order valence-electron chi connectivity index (χ4n) is 2.97. The van der Waals surface area contributed by atoms with Crippen LogP contribution in [0.3, 0.4) is 0 Å². The van der Waals surface area contributed by atoms with Crippen molar-refractivity contribution in [2.75, 3.05) is 18.5 Å². The summed E-state index contributed by atoms with van der Waals surface area (Å²) in [6, 6.07) is 8.33. The molecule has 1 aliphatic rings. The van der Waals surface area contributed by atoms with Gasteiger partial charge in [0.15, 0.2) is 0 Å². The molecule has 1 unspecified atom stereocenters. The van der Waals surface area contributed by atoms with E-state index in [1.54, 1.807) is 0 Å². The van der Waals surface area contributed by atoms with E-state index in [1.165, 1.54) is 11.3 Å². The summed E-state index contributed by atoms with van der Waals surface area (Å²) in [4.78, 5) is 2.26. The molecule has 0 saturated carbocycles. The smallest absolute Gasteiger partial charge is 0.0845 e. The van der Waals surface area contributed by atoms with Crippen molar-refractivity contribution in [3.63, 3.8) is 0 Å². The van der Waals surface area contributed by atoms with Gasteiger partial charge in [-0.15, -0.1) is 0 Å². The van der Waals surface area contributed by atoms with Gasteiger partial charge in [-0.25, -0.2) is 0 Å². The molecule has 1 N–H and O–H groups in total. The molecule has 0 amide bonds. The number of anilines is 1. The lowest BCUT2D eigenvalue weighted by atomic mass is 10.0. The summed E-state index contributed by atoms with van der Waals surface area (Å²) < 4.78 is 1.85. The maximum atomic E-state index is 10.5. The van der Waals surface area contributed by atoms with Gasteiger partial charge in [0.1, 0.15) is 0 Å². The monoisotopic (exact) mass is 271 g/mol. The molecule has 0 radical (unpaired) electrons. The largest absolute Gasteiger partial charge is 0.388 e. The molecule has 2 heterocycles. The Balaban J connectivity index is 1.81. The lowest BCUT2D eigenvalue weighted by Crippen LogP contribution is -2.12. The van der Waals surface area contributed by atoms with E-state index in [-0.39, 0.29) is 0 Å². The Bertz CT molecular complexity index is 633. The fraction of sp³-hybridized carbons (Fsp3) is 0.438. The third-order valence-corrected chi connectivity index (χ3v) is 4.12. The number of aliphatic hydroxyl groups is 1. The Hall–Kier alpha value is -1.81. The third kappa shape index (κ3) is 2.31. The molecule has 0 bridgehead atoms. The maximum Gasteiger partial charge on any atom is 0.0845 e. The third-order valence-electron chi connectivity index (χ3n) is 4.12. The number of hydrogen-bond acceptors (Lipinski definition) is 3. The van der Waals surface area contributed by atoms with Gasteiger partial charge in [-0.3, -0.25) is 4.68 Å². The van der Waals surface area contributed by atoms with Crippen LogP contribution < -0.4 is 4.90 Å². The van der Waals surface area contributed by atoms with Crippen LogP contribution in [0, 0.1) is 6.92 Å². The highest BCUT2D eigenvalue weighted by atomic mass is 16.3. The summed E-state index contributed by atoms with van der Waals surface area (Å²) in [5, 5.41) is 14.8. The van der Waals surface area contributed by atoms with Crippen LogP contribution in [0.15, 0.2) is 24.3 Å². The van der Waals surface area contributed by atoms with E-state index in [4.69, 9.17) is 0 Å². The van der Waals surface area contributed by atoms with Crippen molar-refractivity contribution in [2.45, 2.75) is 25.9 Å². The normalized spacial score (nSPS) is 15.5. The molecule has 1 aromatic carbocycles. The van der Waals surface area contributed by atoms with Crippen LogP contribution in [0.5, 0.6) is 0 Å². The first-order valence-corrected chi connectivity index (χ1v) is 7.06. The minimum absolute atomic E-state index is 0.471. The highest BCUT2D eigenvalue weighted by Crippen LogP contribution is 2.30. The number of benzene rings is 1. The number of rotatable bonds is 3. The van der Waals surface area contributed by atoms with Crippen LogP contribution in [-0.2, 0) is 19.9 Å². The van der Waals surface area contributed by atoms with Crippen LogP contribution >= 0.6 is 0 Å². The van der Waals surface area contributed by atoms with Gasteiger partial charge in [0.25, 0.3) is 0 Å². The Morgan fingerprint density at radius 3 is 2.80 bits per heavy atom. The van der Waals surface area contributed by atoms with Gasteiger partial charge in [0.05, 0.1) is 11.8 Å². The second kappa shape index (κ2) is 4.94. The van der Waals surface area contributed by atoms with Crippen molar-refractivity contribution < 1.29 is 5.11 Å². The van der Waals surface area contributed by atoms with E-state index >= 15 is 0 Å². The Morgan fingerprint density at radius 1 is 1.30 bits per heavy atom. The molecule has 20 heavy (non-hydrogen) atoms. The summed E-state index contributed by atoms with van der Waals surface area (Å²) in [5.41, 5.74) is 5.68. The average Bonchev–Trinajstić information content (AvgIpc) is 2.93. The summed E-state index contributed by atoms with van der Waals surface area (Å²) >= 11 is 0. The van der Waals surface area contributed by atoms with Gasteiger partial charge in [-0.1, -0.05) is 12.1 Å². The van der Waals surface area contributed by atoms with Crippen LogP contribution in [0.2, 0.25) is 0 Å². The first kappa shape index (κ1) is 13.2. The van der Waals surface area contributed by atoms with E-state index in [0.717, 1.165) is 29.9 Å². The van der Waals surface area contributed by atoms with Crippen LogP contribution in [0.25, 0.3) is 0 Å². The van der Waals surface area contributed by atoms with Crippen LogP contribution in [-0.4, -0.2) is 28.5 Å². The number of likely N-dealkylation sites (N-methyl/N-ethyl adjacent to an activating group) is 1. The second-order valence-electron chi connectivity index (χ2n) is 5.68. The number of fused-ring (bicyclic) bond motifs is 1. The van der Waals surface area contributed by atoms with Gasteiger partial charge < -0.3 is 10.0 Å². The lowest BCUT2D eigenvalue weighted by molar-refractivity contribution is 0.176. The molecular weight excluding hydrogens is 250 g/mol. The standard InChI is InChI=1S/C16H21N3O/c1-11-8-14(19(3)17-11)10-16(20)13-4-5-15-12(9-13)6-7-18(15)2/h4-5,8-9,16,20H,6-7,10H2,1-3H3. The molecule has 106 valence electrons. The van der Waals surface area contributed by atoms with Crippen LogP contribution in [0.4, 0.5) is 5.69 Å². The van der Waals surface area contributed by atoms with Crippen molar-refractivity contribution in [2.24, 2.45) is 7.05 Å². The molecule has 1 aromatic heterocycles. The highest BCUT2D eigenvalue weighted by Gasteiger charge is 2.18. The van der Waals surface area contributed by atoms with E-state index in [1.807, 2.05) is 30.8 Å². The first-order valence-electron chi connectivity index (χ1n) is 7.06. The topological polar surface area (TPSA) is 41.3 Å². The zero-order chi connectivity index (χ0) is 14.3. The number of aromatic nitrogens is 2. The van der Waals surface area contributed by atoms with E-state index in [0.29, 0.717) is 6.42 Å². The Morgan fingerprint density at radius 2 is 2.10 bits per heavy atom. The second-order valence-corrected chi connectivity index (χ2v) is 5.68. The highest BCUT2D eigenvalue weighted by molar-refractivity contribution is 5.58. The summed E-state index contributed by atoms with van der Waals surface area (Å²) in [6.07, 6.45) is 1.20. The van der Waals surface area contributed by atoms with E-state index < -0.39 is 6.10 Å². The molecule has 2 aromatic rings. The summed E-state index contributed by atoms with van der Waals surface area (Å²) in [6.45, 7) is 3.04. The zero-order valence-electron chi connectivity index (χ0n) is 12.3. The maximum absolute atomic E-state index is 10.5. The fourth-order valence-corrected chi connectivity index (χ4v) is 2.97.